The number of pyridine rings is 1. The maximum absolute atomic E-state index is 13.2. The standard InChI is InChI=1S/C25H29F3N6O/c1-15-2-9-20-22(16-3-5-18(6-4-16)25(26,27)28)31-24(32-23(20)30-15)33-10-11-35-21(14-33)17-12-29-34(13-17)19-7-8-19/h2,9,12-13,16,18-19,21H,3-8,10-11,14H2,1H3/t16-,18-,21-/m1/s1. The van der Waals surface area contributed by atoms with Crippen molar-refractivity contribution in [2.45, 2.75) is 69.7 Å². The van der Waals surface area contributed by atoms with Crippen LogP contribution in [0, 0.1) is 12.8 Å². The molecule has 2 aliphatic carbocycles. The van der Waals surface area contributed by atoms with Crippen molar-refractivity contribution >= 4 is 17.0 Å². The van der Waals surface area contributed by atoms with E-state index < -0.39 is 12.1 Å². The molecule has 1 aliphatic heterocycles. The van der Waals surface area contributed by atoms with Crippen molar-refractivity contribution in [2.75, 3.05) is 24.6 Å². The Labute approximate surface area is 201 Å². The number of aromatic nitrogens is 5. The highest BCUT2D eigenvalue weighted by Crippen LogP contribution is 2.44. The van der Waals surface area contributed by atoms with Gasteiger partial charge in [0.25, 0.3) is 0 Å². The van der Waals surface area contributed by atoms with Gasteiger partial charge in [-0.1, -0.05) is 0 Å². The van der Waals surface area contributed by atoms with Crippen molar-refractivity contribution < 1.29 is 17.9 Å². The zero-order valence-electron chi connectivity index (χ0n) is 19.7. The Morgan fingerprint density at radius 1 is 1.00 bits per heavy atom. The second kappa shape index (κ2) is 8.72. The minimum atomic E-state index is -4.13. The first-order valence-electron chi connectivity index (χ1n) is 12.5. The lowest BCUT2D eigenvalue weighted by Gasteiger charge is -2.34. The molecule has 7 nitrogen and oxygen atoms in total. The number of hydrogen-bond acceptors (Lipinski definition) is 6. The van der Waals surface area contributed by atoms with Crippen LogP contribution in [-0.4, -0.2) is 50.6 Å². The zero-order valence-corrected chi connectivity index (χ0v) is 19.7. The van der Waals surface area contributed by atoms with Crippen LogP contribution < -0.4 is 4.90 Å². The molecule has 0 bridgehead atoms. The minimum absolute atomic E-state index is 0.0315. The van der Waals surface area contributed by atoms with Crippen molar-refractivity contribution in [3.8, 4) is 0 Å². The third-order valence-corrected chi connectivity index (χ3v) is 7.56. The second-order valence-corrected chi connectivity index (χ2v) is 10.1. The van der Waals surface area contributed by atoms with E-state index >= 15 is 0 Å². The molecule has 35 heavy (non-hydrogen) atoms. The lowest BCUT2D eigenvalue weighted by Crippen LogP contribution is -2.39. The predicted molar refractivity (Wildman–Crippen MR) is 124 cm³/mol. The predicted octanol–water partition coefficient (Wildman–Crippen LogP) is 5.28. The summed E-state index contributed by atoms with van der Waals surface area (Å²) in [7, 11) is 0. The Balaban J connectivity index is 1.29. The van der Waals surface area contributed by atoms with E-state index in [4.69, 9.17) is 14.7 Å². The van der Waals surface area contributed by atoms with E-state index in [0.717, 1.165) is 22.3 Å². The summed E-state index contributed by atoms with van der Waals surface area (Å²) in [6.07, 6.45) is 3.24. The lowest BCUT2D eigenvalue weighted by molar-refractivity contribution is -0.182. The van der Waals surface area contributed by atoms with Gasteiger partial charge >= 0.3 is 6.18 Å². The van der Waals surface area contributed by atoms with Gasteiger partial charge in [-0.15, -0.1) is 0 Å². The molecular weight excluding hydrogens is 457 g/mol. The van der Waals surface area contributed by atoms with E-state index in [1.54, 1.807) is 0 Å². The van der Waals surface area contributed by atoms with Crippen molar-refractivity contribution in [3.05, 3.63) is 41.5 Å². The van der Waals surface area contributed by atoms with E-state index in [-0.39, 0.29) is 24.9 Å². The summed E-state index contributed by atoms with van der Waals surface area (Å²) < 4.78 is 47.8. The van der Waals surface area contributed by atoms with Crippen LogP contribution in [0.2, 0.25) is 0 Å². The summed E-state index contributed by atoms with van der Waals surface area (Å²) in [5, 5.41) is 5.34. The number of anilines is 1. The van der Waals surface area contributed by atoms with Crippen molar-refractivity contribution in [1.82, 2.24) is 24.7 Å². The Bertz CT molecular complexity index is 1220. The molecule has 3 aromatic rings. The zero-order chi connectivity index (χ0) is 24.2. The van der Waals surface area contributed by atoms with Gasteiger partial charge in [-0.3, -0.25) is 4.68 Å². The maximum atomic E-state index is 13.2. The molecular formula is C25H29F3N6O. The van der Waals surface area contributed by atoms with Gasteiger partial charge in [-0.2, -0.15) is 23.3 Å². The van der Waals surface area contributed by atoms with E-state index in [1.807, 2.05) is 29.9 Å². The third kappa shape index (κ3) is 4.60. The molecule has 0 unspecified atom stereocenters. The number of nitrogens with zero attached hydrogens (tertiary/aromatic N) is 6. The van der Waals surface area contributed by atoms with E-state index in [0.29, 0.717) is 50.2 Å². The van der Waals surface area contributed by atoms with Gasteiger partial charge in [0.2, 0.25) is 5.95 Å². The van der Waals surface area contributed by atoms with E-state index in [2.05, 4.69) is 21.2 Å². The highest BCUT2D eigenvalue weighted by molar-refractivity contribution is 5.79. The molecule has 3 aromatic heterocycles. The van der Waals surface area contributed by atoms with Gasteiger partial charge in [-0.05, 0) is 57.6 Å². The second-order valence-electron chi connectivity index (χ2n) is 10.1. The lowest BCUT2D eigenvalue weighted by atomic mass is 9.79. The van der Waals surface area contributed by atoms with Crippen LogP contribution in [-0.2, 0) is 4.74 Å². The Kier molecular flexibility index (Phi) is 5.66. The molecule has 2 saturated carbocycles. The Morgan fingerprint density at radius 3 is 2.54 bits per heavy atom. The van der Waals surface area contributed by atoms with E-state index in [9.17, 15) is 13.2 Å². The smallest absolute Gasteiger partial charge is 0.370 e. The van der Waals surface area contributed by atoms with Gasteiger partial charge < -0.3 is 9.64 Å². The number of ether oxygens (including phenoxy) is 1. The van der Waals surface area contributed by atoms with Gasteiger partial charge in [0, 0.05) is 35.3 Å². The summed E-state index contributed by atoms with van der Waals surface area (Å²) in [5.74, 6) is -0.675. The SMILES string of the molecule is Cc1ccc2c(n1)nc(N1CCO[C@@H](c3cnn(C4CC4)c3)C1)nc2[C@H]1CC[C@H](C(F)(F)F)CC1. The van der Waals surface area contributed by atoms with Crippen LogP contribution in [0.5, 0.6) is 0 Å². The fourth-order valence-electron chi connectivity index (χ4n) is 5.35. The number of rotatable bonds is 4. The highest BCUT2D eigenvalue weighted by atomic mass is 19.4. The first-order valence-corrected chi connectivity index (χ1v) is 12.5. The van der Waals surface area contributed by atoms with Crippen LogP contribution in [0.1, 0.15) is 73.5 Å². The van der Waals surface area contributed by atoms with Gasteiger partial charge in [-0.25, -0.2) is 9.97 Å². The molecule has 0 radical (unpaired) electrons. The molecule has 6 rings (SSSR count). The van der Waals surface area contributed by atoms with E-state index in [1.165, 1.54) is 12.8 Å². The fourth-order valence-corrected chi connectivity index (χ4v) is 5.35. The van der Waals surface area contributed by atoms with Crippen LogP contribution in [0.25, 0.3) is 11.0 Å². The number of hydrogen-bond donors (Lipinski definition) is 0. The average molecular weight is 487 g/mol. The minimum Gasteiger partial charge on any atom is -0.370 e. The molecule has 0 aromatic carbocycles. The van der Waals surface area contributed by atoms with Crippen LogP contribution >= 0.6 is 0 Å². The molecule has 4 heterocycles. The number of alkyl halides is 3. The Morgan fingerprint density at radius 2 is 1.80 bits per heavy atom. The maximum Gasteiger partial charge on any atom is 0.391 e. The molecule has 10 heteroatoms. The van der Waals surface area contributed by atoms with Gasteiger partial charge in [0.15, 0.2) is 5.65 Å². The topological polar surface area (TPSA) is 69.0 Å². The molecule has 1 atom stereocenters. The number of morpholine rings is 1. The first kappa shape index (κ1) is 22.7. The molecule has 0 amide bonds. The number of fused-ring (bicyclic) bond motifs is 1. The van der Waals surface area contributed by atoms with Gasteiger partial charge in [0.1, 0.15) is 6.10 Å². The molecule has 0 N–H and O–H groups in total. The molecule has 3 aliphatic rings. The van der Waals surface area contributed by atoms with Crippen molar-refractivity contribution in [3.63, 3.8) is 0 Å². The summed E-state index contributed by atoms with van der Waals surface area (Å²) in [6, 6.07) is 4.39. The molecule has 1 saturated heterocycles. The van der Waals surface area contributed by atoms with Crippen LogP contribution in [0.15, 0.2) is 24.5 Å². The largest absolute Gasteiger partial charge is 0.391 e. The van der Waals surface area contributed by atoms with Gasteiger partial charge in [0.05, 0.1) is 37.0 Å². The molecule has 3 fully saturated rings. The monoisotopic (exact) mass is 486 g/mol. The third-order valence-electron chi connectivity index (χ3n) is 7.56. The fraction of sp³-hybridized carbons (Fsp3) is 0.600. The number of halogens is 3. The van der Waals surface area contributed by atoms with Crippen molar-refractivity contribution in [2.24, 2.45) is 5.92 Å². The van der Waals surface area contributed by atoms with Crippen LogP contribution in [0.3, 0.4) is 0 Å². The molecule has 186 valence electrons. The number of aryl methyl sites for hydroxylation is 1. The first-order chi connectivity index (χ1) is 16.8. The normalized spacial score (nSPS) is 25.8. The van der Waals surface area contributed by atoms with Crippen molar-refractivity contribution in [1.29, 1.82) is 0 Å². The summed E-state index contributed by atoms with van der Waals surface area (Å²) in [5.41, 5.74) is 3.32. The van der Waals surface area contributed by atoms with Crippen LogP contribution in [0.4, 0.5) is 19.1 Å². The summed E-state index contributed by atoms with van der Waals surface area (Å²) in [4.78, 5) is 16.5. The Hall–Kier alpha value is -2.75. The summed E-state index contributed by atoms with van der Waals surface area (Å²) >= 11 is 0. The quantitative estimate of drug-likeness (QED) is 0.500. The summed E-state index contributed by atoms with van der Waals surface area (Å²) in [6.45, 7) is 3.68. The average Bonchev–Trinajstić information content (AvgIpc) is 3.59. The highest BCUT2D eigenvalue weighted by Gasteiger charge is 2.42. The molecule has 0 spiro atoms.